The van der Waals surface area contributed by atoms with Gasteiger partial charge in [-0.2, -0.15) is 5.26 Å². The van der Waals surface area contributed by atoms with Crippen LogP contribution in [0.5, 0.6) is 0 Å². The summed E-state index contributed by atoms with van der Waals surface area (Å²) in [6, 6.07) is 3.90. The number of aliphatic carboxylic acids is 1. The highest BCUT2D eigenvalue weighted by molar-refractivity contribution is 5.96. The van der Waals surface area contributed by atoms with Crippen molar-refractivity contribution in [3.63, 3.8) is 0 Å². The zero-order valence-electron chi connectivity index (χ0n) is 8.96. The van der Waals surface area contributed by atoms with Crippen molar-refractivity contribution in [2.45, 2.75) is 18.9 Å². The van der Waals surface area contributed by atoms with Crippen molar-refractivity contribution < 1.29 is 14.7 Å². The van der Waals surface area contributed by atoms with Gasteiger partial charge in [0.25, 0.3) is 5.91 Å². The van der Waals surface area contributed by atoms with Crippen molar-refractivity contribution >= 4 is 11.9 Å². The first-order valence-electron chi connectivity index (χ1n) is 4.96. The van der Waals surface area contributed by atoms with Gasteiger partial charge in [-0.25, -0.2) is 4.79 Å². The Bertz CT molecular complexity index is 439. The normalized spacial score (nSPS) is 11.2. The summed E-state index contributed by atoms with van der Waals surface area (Å²) in [7, 11) is 0. The van der Waals surface area contributed by atoms with Gasteiger partial charge in [-0.1, -0.05) is 0 Å². The first-order chi connectivity index (χ1) is 8.15. The monoisotopic (exact) mass is 233 g/mol. The number of nitrogens with one attached hydrogen (secondary N) is 1. The lowest BCUT2D eigenvalue weighted by Crippen LogP contribution is -2.40. The molecule has 1 atom stereocenters. The molecule has 88 valence electrons. The molecule has 2 N–H and O–H groups in total. The number of hydrogen-bond donors (Lipinski definition) is 2. The molecule has 1 aromatic rings. The van der Waals surface area contributed by atoms with Crippen LogP contribution < -0.4 is 5.32 Å². The van der Waals surface area contributed by atoms with E-state index in [4.69, 9.17) is 10.4 Å². The number of carboxylic acids is 1. The third-order valence-electron chi connectivity index (χ3n) is 2.07. The maximum Gasteiger partial charge on any atom is 0.326 e. The molecule has 6 nitrogen and oxygen atoms in total. The summed E-state index contributed by atoms with van der Waals surface area (Å²) in [5.74, 6) is -1.67. The van der Waals surface area contributed by atoms with E-state index in [2.05, 4.69) is 10.3 Å². The van der Waals surface area contributed by atoms with Crippen LogP contribution in [0, 0.1) is 11.3 Å². The van der Waals surface area contributed by atoms with Gasteiger partial charge in [0.2, 0.25) is 0 Å². The van der Waals surface area contributed by atoms with E-state index in [9.17, 15) is 9.59 Å². The maximum absolute atomic E-state index is 11.6. The minimum absolute atomic E-state index is 0.0737. The van der Waals surface area contributed by atoms with E-state index in [1.807, 2.05) is 6.07 Å². The third kappa shape index (κ3) is 3.91. The average Bonchev–Trinajstić information content (AvgIpc) is 2.35. The van der Waals surface area contributed by atoms with Crippen LogP contribution >= 0.6 is 0 Å². The molecule has 1 heterocycles. The second-order valence-corrected chi connectivity index (χ2v) is 3.30. The summed E-state index contributed by atoms with van der Waals surface area (Å²) < 4.78 is 0. The Kier molecular flexibility index (Phi) is 4.63. The predicted octanol–water partition coefficient (Wildman–Crippen LogP) is 0.568. The molecule has 0 aliphatic rings. The van der Waals surface area contributed by atoms with Gasteiger partial charge in [0.05, 0.1) is 11.6 Å². The summed E-state index contributed by atoms with van der Waals surface area (Å²) in [6.07, 6.45) is 3.02. The van der Waals surface area contributed by atoms with E-state index < -0.39 is 17.9 Å². The highest BCUT2D eigenvalue weighted by atomic mass is 16.4. The standard InChI is InChI=1S/C11H11N3O3/c12-5-1-4-9(11(16)17)14-10(15)8-3-2-6-13-7-8/h2-3,6-7,9H,1,4H2,(H,14,15)(H,16,17)/t9-/m1/s1. The quantitative estimate of drug-likeness (QED) is 0.773. The smallest absolute Gasteiger partial charge is 0.326 e. The van der Waals surface area contributed by atoms with Crippen LogP contribution in [0.4, 0.5) is 0 Å². The molecule has 17 heavy (non-hydrogen) atoms. The van der Waals surface area contributed by atoms with Crippen LogP contribution in [0.1, 0.15) is 23.2 Å². The van der Waals surface area contributed by atoms with Gasteiger partial charge in [0.1, 0.15) is 6.04 Å². The van der Waals surface area contributed by atoms with Gasteiger partial charge in [-0.05, 0) is 18.6 Å². The molecule has 0 fully saturated rings. The molecule has 0 aliphatic carbocycles. The van der Waals surface area contributed by atoms with Crippen LogP contribution in [-0.4, -0.2) is 28.0 Å². The number of nitrogens with zero attached hydrogens (tertiary/aromatic N) is 2. The van der Waals surface area contributed by atoms with Crippen molar-refractivity contribution in [2.75, 3.05) is 0 Å². The number of carbonyl (C=O) groups excluding carboxylic acids is 1. The molecule has 0 aliphatic heterocycles. The number of carboxylic acid groups (broad SMARTS) is 1. The number of nitriles is 1. The SMILES string of the molecule is N#CCC[C@@H](NC(=O)c1cccnc1)C(=O)O. The fourth-order valence-electron chi connectivity index (χ4n) is 1.20. The summed E-state index contributed by atoms with van der Waals surface area (Å²) >= 11 is 0. The highest BCUT2D eigenvalue weighted by Crippen LogP contribution is 2.01. The zero-order chi connectivity index (χ0) is 12.7. The number of aromatic nitrogens is 1. The van der Waals surface area contributed by atoms with Crippen molar-refractivity contribution in [2.24, 2.45) is 0 Å². The summed E-state index contributed by atoms with van der Waals surface area (Å²) in [5, 5.41) is 19.6. The number of carbonyl (C=O) groups is 2. The van der Waals surface area contributed by atoms with Gasteiger partial charge in [0.15, 0.2) is 0 Å². The van der Waals surface area contributed by atoms with Gasteiger partial charge < -0.3 is 10.4 Å². The van der Waals surface area contributed by atoms with E-state index in [0.29, 0.717) is 0 Å². The van der Waals surface area contributed by atoms with E-state index >= 15 is 0 Å². The zero-order valence-corrected chi connectivity index (χ0v) is 8.96. The fraction of sp³-hybridized carbons (Fsp3) is 0.273. The molecule has 0 aromatic carbocycles. The van der Waals surface area contributed by atoms with Crippen molar-refractivity contribution in [1.82, 2.24) is 10.3 Å². The van der Waals surface area contributed by atoms with Gasteiger partial charge in [-0.3, -0.25) is 9.78 Å². The molecule has 1 rings (SSSR count). The first-order valence-corrected chi connectivity index (χ1v) is 4.96. The second-order valence-electron chi connectivity index (χ2n) is 3.30. The molecule has 1 aromatic heterocycles. The lowest BCUT2D eigenvalue weighted by atomic mass is 10.1. The molecule has 0 bridgehead atoms. The van der Waals surface area contributed by atoms with Crippen LogP contribution in [0.3, 0.4) is 0 Å². The molecular formula is C11H11N3O3. The van der Waals surface area contributed by atoms with Crippen LogP contribution in [0.25, 0.3) is 0 Å². The van der Waals surface area contributed by atoms with Crippen LogP contribution in [-0.2, 0) is 4.79 Å². The fourth-order valence-corrected chi connectivity index (χ4v) is 1.20. The molecule has 0 unspecified atom stereocenters. The first kappa shape index (κ1) is 12.6. The molecule has 0 radical (unpaired) electrons. The summed E-state index contributed by atoms with van der Waals surface area (Å²) in [6.45, 7) is 0. The van der Waals surface area contributed by atoms with E-state index in [1.165, 1.54) is 18.5 Å². The van der Waals surface area contributed by atoms with Gasteiger partial charge >= 0.3 is 5.97 Å². The van der Waals surface area contributed by atoms with Crippen LogP contribution in [0.15, 0.2) is 24.5 Å². The number of amides is 1. The molecule has 1 amide bonds. The minimum Gasteiger partial charge on any atom is -0.480 e. The molecule has 0 spiro atoms. The second kappa shape index (κ2) is 6.23. The van der Waals surface area contributed by atoms with E-state index in [1.54, 1.807) is 6.07 Å². The highest BCUT2D eigenvalue weighted by Gasteiger charge is 2.20. The Morgan fingerprint density at radius 2 is 2.35 bits per heavy atom. The predicted molar refractivity (Wildman–Crippen MR) is 58.0 cm³/mol. The van der Waals surface area contributed by atoms with Crippen LogP contribution in [0.2, 0.25) is 0 Å². The van der Waals surface area contributed by atoms with Crippen molar-refractivity contribution in [3.8, 4) is 6.07 Å². The number of pyridine rings is 1. The topological polar surface area (TPSA) is 103 Å². The lowest BCUT2D eigenvalue weighted by molar-refractivity contribution is -0.139. The van der Waals surface area contributed by atoms with E-state index in [-0.39, 0.29) is 18.4 Å². The summed E-state index contributed by atoms with van der Waals surface area (Å²) in [5.41, 5.74) is 0.288. The van der Waals surface area contributed by atoms with Gasteiger partial charge in [0, 0.05) is 18.8 Å². The molecule has 6 heteroatoms. The van der Waals surface area contributed by atoms with Crippen molar-refractivity contribution in [1.29, 1.82) is 5.26 Å². The minimum atomic E-state index is -1.16. The van der Waals surface area contributed by atoms with Gasteiger partial charge in [-0.15, -0.1) is 0 Å². The Morgan fingerprint density at radius 1 is 1.59 bits per heavy atom. The average molecular weight is 233 g/mol. The Hall–Kier alpha value is -2.42. The molecule has 0 saturated carbocycles. The third-order valence-corrected chi connectivity index (χ3v) is 2.07. The molecule has 0 saturated heterocycles. The lowest BCUT2D eigenvalue weighted by Gasteiger charge is -2.12. The number of hydrogen-bond acceptors (Lipinski definition) is 4. The van der Waals surface area contributed by atoms with Crippen molar-refractivity contribution in [3.05, 3.63) is 30.1 Å². The largest absolute Gasteiger partial charge is 0.480 e. The van der Waals surface area contributed by atoms with E-state index in [0.717, 1.165) is 0 Å². The maximum atomic E-state index is 11.6. The summed E-state index contributed by atoms with van der Waals surface area (Å²) in [4.78, 5) is 26.2. The molecular weight excluding hydrogens is 222 g/mol. The Labute approximate surface area is 97.9 Å². The number of rotatable bonds is 5. The Balaban J connectivity index is 2.65. The Morgan fingerprint density at radius 3 is 2.88 bits per heavy atom.